The van der Waals surface area contributed by atoms with E-state index in [0.717, 1.165) is 5.56 Å². The van der Waals surface area contributed by atoms with E-state index < -0.39 is 17.7 Å². The maximum Gasteiger partial charge on any atom is 0.409 e. The third-order valence-electron chi connectivity index (χ3n) is 4.83. The summed E-state index contributed by atoms with van der Waals surface area (Å²) < 4.78 is 46.0. The van der Waals surface area contributed by atoms with Crippen molar-refractivity contribution in [1.82, 2.24) is 29.7 Å². The number of amides is 1. The summed E-state index contributed by atoms with van der Waals surface area (Å²) in [5, 5.41) is 11.0. The minimum atomic E-state index is -4.52. The molecule has 8 nitrogen and oxygen atoms in total. The normalized spacial score (nSPS) is 21.7. The number of nitrogens with one attached hydrogen (secondary N) is 1. The van der Waals surface area contributed by atoms with Crippen molar-refractivity contribution in [2.75, 3.05) is 0 Å². The average Bonchev–Trinajstić information content (AvgIpc) is 3.27. The molecule has 0 unspecified atom stereocenters. The zero-order valence-electron chi connectivity index (χ0n) is 16.2. The summed E-state index contributed by atoms with van der Waals surface area (Å²) in [5.41, 5.74) is 1.51. The highest BCUT2D eigenvalue weighted by atomic mass is 19.4. The van der Waals surface area contributed by atoms with Crippen LogP contribution in [0.25, 0.3) is 16.8 Å². The number of ether oxygens (including phenoxy) is 1. The molecule has 0 spiro atoms. The van der Waals surface area contributed by atoms with Gasteiger partial charge in [-0.05, 0) is 13.0 Å². The number of nitrogens with zero attached hydrogens (tertiary/aromatic N) is 5. The van der Waals surface area contributed by atoms with E-state index >= 15 is 0 Å². The molecule has 3 heterocycles. The van der Waals surface area contributed by atoms with Crippen molar-refractivity contribution < 1.29 is 22.7 Å². The van der Waals surface area contributed by atoms with Gasteiger partial charge in [-0.1, -0.05) is 0 Å². The molecule has 1 saturated carbocycles. The second kappa shape index (κ2) is 7.15. The fourth-order valence-electron chi connectivity index (χ4n) is 3.49. The van der Waals surface area contributed by atoms with Gasteiger partial charge >= 0.3 is 6.18 Å². The highest BCUT2D eigenvalue weighted by Crippen LogP contribution is 2.38. The van der Waals surface area contributed by atoms with Crippen molar-refractivity contribution in [3.05, 3.63) is 43.0 Å². The van der Waals surface area contributed by atoms with E-state index in [9.17, 15) is 18.0 Å². The van der Waals surface area contributed by atoms with Crippen LogP contribution in [0.15, 0.2) is 43.0 Å². The van der Waals surface area contributed by atoms with Crippen LogP contribution >= 0.6 is 0 Å². The Balaban J connectivity index is 1.46. The molecule has 4 rings (SSSR count). The first-order valence-electron chi connectivity index (χ1n) is 9.19. The van der Waals surface area contributed by atoms with Crippen molar-refractivity contribution in [2.45, 2.75) is 37.6 Å². The molecule has 1 aliphatic carbocycles. The average molecular weight is 420 g/mol. The third-order valence-corrected chi connectivity index (χ3v) is 4.83. The first-order valence-corrected chi connectivity index (χ1v) is 9.19. The van der Waals surface area contributed by atoms with Gasteiger partial charge in [-0.2, -0.15) is 23.4 Å². The Labute approximate surface area is 169 Å². The second-order valence-corrected chi connectivity index (χ2v) is 7.54. The number of hydrogen-bond acceptors (Lipinski definition) is 5. The van der Waals surface area contributed by atoms with E-state index in [1.54, 1.807) is 40.9 Å². The fraction of sp³-hybridized carbons (Fsp3) is 0.368. The molecule has 0 aromatic carbocycles. The van der Waals surface area contributed by atoms with Crippen LogP contribution in [0, 0.1) is 0 Å². The number of aryl methyl sites for hydroxylation is 1. The smallest absolute Gasteiger partial charge is 0.409 e. The molecule has 1 aliphatic rings. The summed E-state index contributed by atoms with van der Waals surface area (Å²) in [4.78, 5) is 16.2. The van der Waals surface area contributed by atoms with Gasteiger partial charge in [0, 0.05) is 49.8 Å². The molecule has 158 valence electrons. The summed E-state index contributed by atoms with van der Waals surface area (Å²) in [7, 11) is 1.81. The summed E-state index contributed by atoms with van der Waals surface area (Å²) in [5.74, 6) is -0.396. The molecular formula is C19H19F3N6O2. The van der Waals surface area contributed by atoms with Crippen LogP contribution in [0.3, 0.4) is 0 Å². The number of alkyl halides is 3. The minimum Gasteiger partial charge on any atom is -0.470 e. The predicted molar refractivity (Wildman–Crippen MR) is 101 cm³/mol. The van der Waals surface area contributed by atoms with Crippen molar-refractivity contribution in [2.24, 2.45) is 7.05 Å². The first kappa shape index (κ1) is 19.9. The molecule has 0 aliphatic heterocycles. The van der Waals surface area contributed by atoms with E-state index in [-0.39, 0.29) is 12.1 Å². The Hall–Kier alpha value is -3.37. The van der Waals surface area contributed by atoms with Crippen LogP contribution in [0.4, 0.5) is 13.2 Å². The monoisotopic (exact) mass is 420 g/mol. The van der Waals surface area contributed by atoms with Gasteiger partial charge in [0.1, 0.15) is 11.1 Å². The first-order chi connectivity index (χ1) is 14.1. The van der Waals surface area contributed by atoms with Crippen LogP contribution in [-0.4, -0.2) is 48.1 Å². The number of hydrogen-bond donors (Lipinski definition) is 1. The maximum absolute atomic E-state index is 12.2. The molecule has 3 aromatic rings. The molecule has 11 heteroatoms. The van der Waals surface area contributed by atoms with Crippen molar-refractivity contribution in [3.63, 3.8) is 0 Å². The Morgan fingerprint density at radius 2 is 2.10 bits per heavy atom. The van der Waals surface area contributed by atoms with Crippen LogP contribution in [-0.2, 0) is 11.8 Å². The van der Waals surface area contributed by atoms with Gasteiger partial charge in [-0.15, -0.1) is 0 Å². The molecule has 30 heavy (non-hydrogen) atoms. The van der Waals surface area contributed by atoms with Crippen molar-refractivity contribution >= 4 is 11.4 Å². The van der Waals surface area contributed by atoms with Gasteiger partial charge < -0.3 is 10.1 Å². The Kier molecular flexibility index (Phi) is 4.75. The van der Waals surface area contributed by atoms with Gasteiger partial charge in [0.25, 0.3) is 0 Å². The highest BCUT2D eigenvalue weighted by molar-refractivity contribution is 5.87. The van der Waals surface area contributed by atoms with Crippen LogP contribution in [0.2, 0.25) is 0 Å². The highest BCUT2D eigenvalue weighted by Gasteiger charge is 2.44. The lowest BCUT2D eigenvalue weighted by atomic mass is 9.77. The number of allylic oxidation sites excluding steroid dienone is 1. The topological polar surface area (TPSA) is 86.3 Å². The molecule has 0 bridgehead atoms. The summed E-state index contributed by atoms with van der Waals surface area (Å²) in [6, 6.07) is 1.50. The van der Waals surface area contributed by atoms with Gasteiger partial charge in [0.2, 0.25) is 11.8 Å². The van der Waals surface area contributed by atoms with Crippen LogP contribution < -0.4 is 10.1 Å². The van der Waals surface area contributed by atoms with Gasteiger partial charge in [0.15, 0.2) is 0 Å². The minimum absolute atomic E-state index is 0.0824. The molecule has 1 N–H and O–H groups in total. The number of rotatable bonds is 5. The molecule has 0 atom stereocenters. The zero-order valence-corrected chi connectivity index (χ0v) is 16.2. The van der Waals surface area contributed by atoms with Crippen molar-refractivity contribution in [1.29, 1.82) is 0 Å². The lowest BCUT2D eigenvalue weighted by molar-refractivity contribution is -0.120. The summed E-state index contributed by atoms with van der Waals surface area (Å²) in [6.07, 6.45) is 3.70. The van der Waals surface area contributed by atoms with E-state index in [1.807, 2.05) is 13.1 Å². The Bertz CT molecular complexity index is 1110. The number of aromatic nitrogens is 5. The molecular weight excluding hydrogens is 401 g/mol. The van der Waals surface area contributed by atoms with E-state index in [2.05, 4.69) is 20.5 Å². The van der Waals surface area contributed by atoms with E-state index in [4.69, 9.17) is 4.74 Å². The SMILES string of the molecule is Cn1cc(-c2cn3nccc3c(O[C@]3(C)C[C@H](NC(=O)/C=C/C(F)(F)F)C3)n2)cn1. The molecule has 3 aromatic heterocycles. The lowest BCUT2D eigenvalue weighted by Gasteiger charge is -2.44. The van der Waals surface area contributed by atoms with Crippen LogP contribution in [0.5, 0.6) is 5.88 Å². The van der Waals surface area contributed by atoms with Gasteiger partial charge in [-0.25, -0.2) is 9.50 Å². The van der Waals surface area contributed by atoms with Crippen LogP contribution in [0.1, 0.15) is 19.8 Å². The molecule has 0 saturated heterocycles. The summed E-state index contributed by atoms with van der Waals surface area (Å²) in [6.45, 7) is 1.87. The number of carbonyl (C=O) groups excluding carboxylic acids is 1. The Morgan fingerprint density at radius 3 is 2.77 bits per heavy atom. The quantitative estimate of drug-likeness (QED) is 0.642. The number of carbonyl (C=O) groups is 1. The Morgan fingerprint density at radius 1 is 1.33 bits per heavy atom. The lowest BCUT2D eigenvalue weighted by Crippen LogP contribution is -2.56. The van der Waals surface area contributed by atoms with Gasteiger partial charge in [-0.3, -0.25) is 9.48 Å². The standard InChI is InChI=1S/C19H19F3N6O2/c1-18(7-13(8-18)25-16(29)3-5-19(20,21)22)30-17-15-4-6-23-28(15)11-14(26-17)12-9-24-27(2)10-12/h3-6,9-11,13H,7-8H2,1-2H3,(H,25,29)/b5-3+/t13-,18+. The third kappa shape index (κ3) is 4.29. The number of fused-ring (bicyclic) bond motifs is 1. The fourth-order valence-corrected chi connectivity index (χ4v) is 3.49. The number of halogens is 3. The molecule has 1 amide bonds. The van der Waals surface area contributed by atoms with Gasteiger partial charge in [0.05, 0.1) is 24.3 Å². The molecule has 0 radical (unpaired) electrons. The zero-order chi connectivity index (χ0) is 21.5. The predicted octanol–water partition coefficient (Wildman–Crippen LogP) is 2.66. The van der Waals surface area contributed by atoms with E-state index in [0.29, 0.717) is 36.0 Å². The van der Waals surface area contributed by atoms with E-state index in [1.165, 1.54) is 0 Å². The summed E-state index contributed by atoms with van der Waals surface area (Å²) >= 11 is 0. The largest absolute Gasteiger partial charge is 0.470 e. The maximum atomic E-state index is 12.2. The van der Waals surface area contributed by atoms with Crippen molar-refractivity contribution in [3.8, 4) is 17.1 Å². The molecule has 1 fully saturated rings. The second-order valence-electron chi connectivity index (χ2n) is 7.54.